The molecule has 2 rings (SSSR count). The Morgan fingerprint density at radius 1 is 1.25 bits per heavy atom. The number of ether oxygens (including phenoxy) is 1. The number of benzene rings is 1. The molecular weight excluding hydrogens is 208 g/mol. The van der Waals surface area contributed by atoms with Crippen LogP contribution in [0.4, 0.5) is 0 Å². The summed E-state index contributed by atoms with van der Waals surface area (Å²) in [7, 11) is 0. The number of rotatable bonds is 5. The molecule has 1 aromatic carbocycles. The summed E-state index contributed by atoms with van der Waals surface area (Å²) in [5.74, 6) is 1.44. The van der Waals surface area contributed by atoms with Crippen LogP contribution in [0.3, 0.4) is 0 Å². The van der Waals surface area contributed by atoms with Gasteiger partial charge < -0.3 is 9.62 Å². The highest BCUT2D eigenvalue weighted by molar-refractivity contribution is 5.69. The summed E-state index contributed by atoms with van der Waals surface area (Å²) in [5, 5.41) is 0. The van der Waals surface area contributed by atoms with Gasteiger partial charge in [0, 0.05) is 6.92 Å². The number of hydrogen-bond donors (Lipinski definition) is 0. The fraction of sp³-hybridized carbons (Fsp3) is 0.417. The van der Waals surface area contributed by atoms with Gasteiger partial charge in [0.05, 0.1) is 6.61 Å². The van der Waals surface area contributed by atoms with Gasteiger partial charge in [0.25, 0.3) is 0 Å². The van der Waals surface area contributed by atoms with Crippen LogP contribution >= 0.6 is 0 Å². The first kappa shape index (κ1) is 11.0. The summed E-state index contributed by atoms with van der Waals surface area (Å²) in [4.78, 5) is 20.8. The monoisotopic (exact) mass is 222 g/mol. The third kappa shape index (κ3) is 3.55. The van der Waals surface area contributed by atoms with Gasteiger partial charge in [-0.05, 0) is 43.0 Å². The first-order chi connectivity index (χ1) is 7.74. The third-order valence-electron chi connectivity index (χ3n) is 2.24. The molecule has 0 atom stereocenters. The summed E-state index contributed by atoms with van der Waals surface area (Å²) in [5.41, 5.74) is 0. The zero-order valence-electron chi connectivity index (χ0n) is 9.14. The number of esters is 1. The number of carbonyl (C=O) groups excluding carboxylic acids is 1. The largest absolute Gasteiger partial charge is 0.427 e. The lowest BCUT2D eigenvalue weighted by Gasteiger charge is -2.05. The Balaban J connectivity index is 1.78. The van der Waals surface area contributed by atoms with Crippen LogP contribution in [0.15, 0.2) is 24.3 Å². The van der Waals surface area contributed by atoms with Crippen molar-refractivity contribution in [2.45, 2.75) is 19.8 Å². The average molecular weight is 222 g/mol. The molecule has 0 aromatic heterocycles. The minimum Gasteiger partial charge on any atom is -0.427 e. The third-order valence-corrected chi connectivity index (χ3v) is 2.24. The molecule has 0 radical (unpaired) electrons. The average Bonchev–Trinajstić information content (AvgIpc) is 3.04. The molecule has 0 N–H and O–H groups in total. The van der Waals surface area contributed by atoms with Gasteiger partial charge in [0.1, 0.15) is 5.75 Å². The van der Waals surface area contributed by atoms with E-state index in [9.17, 15) is 4.79 Å². The zero-order valence-corrected chi connectivity index (χ0v) is 9.14. The topological polar surface area (TPSA) is 44.8 Å². The first-order valence-electron chi connectivity index (χ1n) is 5.32. The molecule has 1 aliphatic carbocycles. The van der Waals surface area contributed by atoms with Gasteiger partial charge >= 0.3 is 5.97 Å². The van der Waals surface area contributed by atoms with Crippen LogP contribution in [0, 0.1) is 5.92 Å². The molecule has 0 spiro atoms. The molecule has 1 fully saturated rings. The number of carbonyl (C=O) groups is 1. The van der Waals surface area contributed by atoms with Crippen LogP contribution in [-0.4, -0.2) is 12.6 Å². The maximum Gasteiger partial charge on any atom is 0.308 e. The van der Waals surface area contributed by atoms with Crippen molar-refractivity contribution in [3.8, 4) is 11.5 Å². The molecule has 0 unspecified atom stereocenters. The van der Waals surface area contributed by atoms with Crippen molar-refractivity contribution in [2.75, 3.05) is 6.61 Å². The van der Waals surface area contributed by atoms with E-state index in [-0.39, 0.29) is 5.97 Å². The lowest BCUT2D eigenvalue weighted by atomic mass is 10.3. The lowest BCUT2D eigenvalue weighted by Crippen LogP contribution is -2.02. The van der Waals surface area contributed by atoms with Gasteiger partial charge in [-0.15, -0.1) is 0 Å². The second-order valence-corrected chi connectivity index (χ2v) is 3.88. The van der Waals surface area contributed by atoms with Crippen molar-refractivity contribution in [2.24, 2.45) is 5.92 Å². The fourth-order valence-corrected chi connectivity index (χ4v) is 1.21. The van der Waals surface area contributed by atoms with Gasteiger partial charge in [-0.1, -0.05) is 0 Å². The molecular formula is C12H14O4. The summed E-state index contributed by atoms with van der Waals surface area (Å²) in [6.07, 6.45) is 2.46. The Morgan fingerprint density at radius 2 is 1.88 bits per heavy atom. The lowest BCUT2D eigenvalue weighted by molar-refractivity contribution is -0.210. The molecule has 4 nitrogen and oxygen atoms in total. The molecule has 86 valence electrons. The first-order valence-corrected chi connectivity index (χ1v) is 5.32. The predicted octanol–water partition coefficient (Wildman–Crippen LogP) is 2.33. The standard InChI is InChI=1S/C12H14O4/c1-9(13)15-11-4-6-12(7-5-11)16-14-8-10-2-3-10/h4-7,10H,2-3,8H2,1H3. The SMILES string of the molecule is CC(=O)Oc1ccc(OOCC2CC2)cc1. The normalized spacial score (nSPS) is 14.6. The van der Waals surface area contributed by atoms with Gasteiger partial charge in [0.15, 0.2) is 5.75 Å². The van der Waals surface area contributed by atoms with E-state index >= 15 is 0 Å². The van der Waals surface area contributed by atoms with E-state index in [1.54, 1.807) is 24.3 Å². The van der Waals surface area contributed by atoms with Crippen molar-refractivity contribution < 1.29 is 19.3 Å². The maximum absolute atomic E-state index is 10.7. The number of hydrogen-bond acceptors (Lipinski definition) is 4. The summed E-state index contributed by atoms with van der Waals surface area (Å²) in [6.45, 7) is 2.01. The van der Waals surface area contributed by atoms with E-state index in [1.165, 1.54) is 19.8 Å². The minimum atomic E-state index is -0.335. The Bertz CT molecular complexity index is 354. The molecule has 0 heterocycles. The second-order valence-electron chi connectivity index (χ2n) is 3.88. The fourth-order valence-electron chi connectivity index (χ4n) is 1.21. The molecule has 0 bridgehead atoms. The molecule has 16 heavy (non-hydrogen) atoms. The highest BCUT2D eigenvalue weighted by Crippen LogP contribution is 2.29. The van der Waals surface area contributed by atoms with Gasteiger partial charge in [-0.3, -0.25) is 4.79 Å². The Kier molecular flexibility index (Phi) is 3.41. The minimum absolute atomic E-state index is 0.335. The van der Waals surface area contributed by atoms with Crippen LogP contribution in [-0.2, 0) is 9.68 Å². The summed E-state index contributed by atoms with van der Waals surface area (Å²) in [6, 6.07) is 6.73. The van der Waals surface area contributed by atoms with E-state index in [2.05, 4.69) is 0 Å². The van der Waals surface area contributed by atoms with Gasteiger partial charge in [-0.25, -0.2) is 0 Å². The highest BCUT2D eigenvalue weighted by Gasteiger charge is 2.21. The van der Waals surface area contributed by atoms with Gasteiger partial charge in [0.2, 0.25) is 0 Å². The van der Waals surface area contributed by atoms with Crippen LogP contribution < -0.4 is 9.62 Å². The predicted molar refractivity (Wildman–Crippen MR) is 57.1 cm³/mol. The van der Waals surface area contributed by atoms with E-state index in [4.69, 9.17) is 14.5 Å². The van der Waals surface area contributed by atoms with Crippen molar-refractivity contribution in [3.05, 3.63) is 24.3 Å². The smallest absolute Gasteiger partial charge is 0.308 e. The van der Waals surface area contributed by atoms with Crippen molar-refractivity contribution >= 4 is 5.97 Å². The van der Waals surface area contributed by atoms with E-state index in [0.29, 0.717) is 24.0 Å². The highest BCUT2D eigenvalue weighted by atomic mass is 17.2. The van der Waals surface area contributed by atoms with E-state index in [0.717, 1.165) is 0 Å². The van der Waals surface area contributed by atoms with Gasteiger partial charge in [-0.2, -0.15) is 4.89 Å². The molecule has 1 aromatic rings. The van der Waals surface area contributed by atoms with E-state index in [1.807, 2.05) is 0 Å². The van der Waals surface area contributed by atoms with Crippen LogP contribution in [0.5, 0.6) is 11.5 Å². The molecule has 1 saturated carbocycles. The van der Waals surface area contributed by atoms with Crippen molar-refractivity contribution in [1.29, 1.82) is 0 Å². The second kappa shape index (κ2) is 4.99. The molecule has 0 amide bonds. The zero-order chi connectivity index (χ0) is 11.4. The Labute approximate surface area is 94.0 Å². The van der Waals surface area contributed by atoms with Crippen molar-refractivity contribution in [3.63, 3.8) is 0 Å². The Hall–Kier alpha value is -1.55. The van der Waals surface area contributed by atoms with E-state index < -0.39 is 0 Å². The summed E-state index contributed by atoms with van der Waals surface area (Å²) >= 11 is 0. The van der Waals surface area contributed by atoms with Crippen molar-refractivity contribution in [1.82, 2.24) is 0 Å². The Morgan fingerprint density at radius 3 is 2.44 bits per heavy atom. The quantitative estimate of drug-likeness (QED) is 0.332. The van der Waals surface area contributed by atoms with Crippen LogP contribution in [0.25, 0.3) is 0 Å². The molecule has 0 aliphatic heterocycles. The summed E-state index contributed by atoms with van der Waals surface area (Å²) < 4.78 is 4.89. The van der Waals surface area contributed by atoms with Crippen LogP contribution in [0.2, 0.25) is 0 Å². The molecule has 0 saturated heterocycles. The van der Waals surface area contributed by atoms with Crippen LogP contribution in [0.1, 0.15) is 19.8 Å². The maximum atomic E-state index is 10.7. The molecule has 4 heteroatoms. The molecule has 1 aliphatic rings.